The third-order valence-corrected chi connectivity index (χ3v) is 3.03. The molecular formula is C15H15N3O3. The summed E-state index contributed by atoms with van der Waals surface area (Å²) >= 11 is 0. The number of aromatic nitrogens is 2. The number of methoxy groups -OCH3 is 1. The van der Waals surface area contributed by atoms with Crippen LogP contribution >= 0.6 is 0 Å². The topological polar surface area (TPSA) is 73.3 Å². The van der Waals surface area contributed by atoms with Crippen LogP contribution in [0.2, 0.25) is 0 Å². The monoisotopic (exact) mass is 285 g/mol. The molecule has 0 saturated heterocycles. The molecule has 0 radical (unpaired) electrons. The number of nitrogens with one attached hydrogen (secondary N) is 1. The minimum Gasteiger partial charge on any atom is -0.495 e. The summed E-state index contributed by atoms with van der Waals surface area (Å²) in [7, 11) is 1.63. The molecule has 3 rings (SSSR count). The van der Waals surface area contributed by atoms with Crippen molar-refractivity contribution >= 4 is 5.69 Å². The Hall–Kier alpha value is -2.76. The first-order valence-electron chi connectivity index (χ1n) is 6.55. The lowest BCUT2D eigenvalue weighted by atomic mass is 10.2. The largest absolute Gasteiger partial charge is 0.495 e. The van der Waals surface area contributed by atoms with Gasteiger partial charge in [0.25, 0.3) is 0 Å². The van der Waals surface area contributed by atoms with E-state index in [4.69, 9.17) is 13.7 Å². The lowest BCUT2D eigenvalue weighted by molar-refractivity contribution is 0.366. The second kappa shape index (κ2) is 5.70. The Morgan fingerprint density at radius 3 is 2.81 bits per heavy atom. The average molecular weight is 285 g/mol. The van der Waals surface area contributed by atoms with Gasteiger partial charge in [-0.3, -0.25) is 0 Å². The zero-order valence-electron chi connectivity index (χ0n) is 11.7. The molecular weight excluding hydrogens is 270 g/mol. The van der Waals surface area contributed by atoms with E-state index in [2.05, 4.69) is 15.5 Å². The highest BCUT2D eigenvalue weighted by Crippen LogP contribution is 2.28. The summed E-state index contributed by atoms with van der Waals surface area (Å²) in [5.74, 6) is 2.25. The van der Waals surface area contributed by atoms with Crippen LogP contribution in [0.1, 0.15) is 18.9 Å². The highest BCUT2D eigenvalue weighted by Gasteiger charge is 2.17. The molecule has 0 fully saturated rings. The lowest BCUT2D eigenvalue weighted by Gasteiger charge is -2.14. The fourth-order valence-electron chi connectivity index (χ4n) is 1.98. The summed E-state index contributed by atoms with van der Waals surface area (Å²) in [6.45, 7) is 1.94. The van der Waals surface area contributed by atoms with Crippen molar-refractivity contribution in [3.8, 4) is 17.3 Å². The van der Waals surface area contributed by atoms with Crippen LogP contribution in [0.25, 0.3) is 11.6 Å². The molecule has 0 aliphatic rings. The molecule has 6 heteroatoms. The number of ether oxygens (including phenoxy) is 1. The van der Waals surface area contributed by atoms with Crippen LogP contribution in [0.3, 0.4) is 0 Å². The van der Waals surface area contributed by atoms with Gasteiger partial charge in [0.2, 0.25) is 11.7 Å². The SMILES string of the molecule is COc1ccccc1N[C@H](C)c1nc(-c2ccco2)no1. The highest BCUT2D eigenvalue weighted by molar-refractivity contribution is 5.57. The Morgan fingerprint density at radius 2 is 2.05 bits per heavy atom. The van der Waals surface area contributed by atoms with E-state index >= 15 is 0 Å². The molecule has 0 amide bonds. The van der Waals surface area contributed by atoms with E-state index < -0.39 is 0 Å². The van der Waals surface area contributed by atoms with Crippen LogP contribution in [-0.4, -0.2) is 17.3 Å². The Kier molecular flexibility index (Phi) is 3.59. The molecule has 1 N–H and O–H groups in total. The van der Waals surface area contributed by atoms with Gasteiger partial charge < -0.3 is 19.0 Å². The van der Waals surface area contributed by atoms with Crippen molar-refractivity contribution in [2.24, 2.45) is 0 Å². The van der Waals surface area contributed by atoms with Gasteiger partial charge in [-0.05, 0) is 31.2 Å². The maximum atomic E-state index is 5.30. The zero-order chi connectivity index (χ0) is 14.7. The molecule has 0 spiro atoms. The van der Waals surface area contributed by atoms with Crippen molar-refractivity contribution in [3.63, 3.8) is 0 Å². The highest BCUT2D eigenvalue weighted by atomic mass is 16.5. The van der Waals surface area contributed by atoms with E-state index in [1.807, 2.05) is 31.2 Å². The van der Waals surface area contributed by atoms with Gasteiger partial charge in [-0.25, -0.2) is 0 Å². The van der Waals surface area contributed by atoms with E-state index in [0.29, 0.717) is 17.5 Å². The first kappa shape index (κ1) is 13.2. The van der Waals surface area contributed by atoms with Crippen molar-refractivity contribution in [2.45, 2.75) is 13.0 Å². The summed E-state index contributed by atoms with van der Waals surface area (Å²) < 4.78 is 15.8. The van der Waals surface area contributed by atoms with Crippen molar-refractivity contribution in [1.82, 2.24) is 10.1 Å². The van der Waals surface area contributed by atoms with Gasteiger partial charge in [0.05, 0.1) is 19.1 Å². The maximum absolute atomic E-state index is 5.30. The van der Waals surface area contributed by atoms with Gasteiger partial charge in [-0.1, -0.05) is 17.3 Å². The van der Waals surface area contributed by atoms with E-state index in [1.165, 1.54) is 0 Å². The zero-order valence-corrected chi connectivity index (χ0v) is 11.7. The Morgan fingerprint density at radius 1 is 1.19 bits per heavy atom. The number of para-hydroxylation sites is 2. The number of benzene rings is 1. The van der Waals surface area contributed by atoms with Crippen LogP contribution in [0.5, 0.6) is 5.75 Å². The molecule has 2 aromatic heterocycles. The van der Waals surface area contributed by atoms with Gasteiger partial charge in [-0.2, -0.15) is 4.98 Å². The van der Waals surface area contributed by atoms with Gasteiger partial charge in [0, 0.05) is 0 Å². The van der Waals surface area contributed by atoms with Crippen LogP contribution < -0.4 is 10.1 Å². The van der Waals surface area contributed by atoms with E-state index in [1.54, 1.807) is 25.5 Å². The molecule has 1 aromatic carbocycles. The summed E-state index contributed by atoms with van der Waals surface area (Å²) in [5.41, 5.74) is 0.866. The third-order valence-electron chi connectivity index (χ3n) is 3.03. The summed E-state index contributed by atoms with van der Waals surface area (Å²) in [4.78, 5) is 4.33. The van der Waals surface area contributed by atoms with Crippen LogP contribution in [0.4, 0.5) is 5.69 Å². The Bertz CT molecular complexity index is 707. The predicted octanol–water partition coefficient (Wildman–Crippen LogP) is 3.51. The molecule has 1 atom stereocenters. The number of furan rings is 1. The normalized spacial score (nSPS) is 12.1. The molecule has 0 saturated carbocycles. The second-order valence-electron chi connectivity index (χ2n) is 4.50. The average Bonchev–Trinajstić information content (AvgIpc) is 3.18. The molecule has 0 aliphatic heterocycles. The third kappa shape index (κ3) is 2.74. The molecule has 0 unspecified atom stereocenters. The molecule has 0 bridgehead atoms. The number of anilines is 1. The number of hydrogen-bond donors (Lipinski definition) is 1. The second-order valence-corrected chi connectivity index (χ2v) is 4.50. The number of rotatable bonds is 5. The number of nitrogens with zero attached hydrogens (tertiary/aromatic N) is 2. The molecule has 21 heavy (non-hydrogen) atoms. The van der Waals surface area contributed by atoms with Crippen LogP contribution in [-0.2, 0) is 0 Å². The van der Waals surface area contributed by atoms with Gasteiger partial charge in [0.15, 0.2) is 5.76 Å². The lowest BCUT2D eigenvalue weighted by Crippen LogP contribution is -2.08. The Labute approximate surface area is 121 Å². The minimum absolute atomic E-state index is 0.155. The first-order chi connectivity index (χ1) is 10.3. The van der Waals surface area contributed by atoms with E-state index in [-0.39, 0.29) is 6.04 Å². The summed E-state index contributed by atoms with van der Waals surface area (Å²) in [6, 6.07) is 11.1. The van der Waals surface area contributed by atoms with Crippen LogP contribution in [0, 0.1) is 0 Å². The number of hydrogen-bond acceptors (Lipinski definition) is 6. The van der Waals surface area contributed by atoms with Gasteiger partial charge >= 0.3 is 0 Å². The smallest absolute Gasteiger partial charge is 0.249 e. The molecule has 0 aliphatic carbocycles. The summed E-state index contributed by atoms with van der Waals surface area (Å²) in [6.07, 6.45) is 1.57. The summed E-state index contributed by atoms with van der Waals surface area (Å²) in [5, 5.41) is 7.20. The van der Waals surface area contributed by atoms with E-state index in [9.17, 15) is 0 Å². The van der Waals surface area contributed by atoms with Gasteiger partial charge in [0.1, 0.15) is 11.8 Å². The van der Waals surface area contributed by atoms with Crippen molar-refractivity contribution in [3.05, 3.63) is 48.6 Å². The standard InChI is InChI=1S/C15H15N3O3/c1-10(16-11-6-3-4-7-12(11)19-2)15-17-14(18-21-15)13-8-5-9-20-13/h3-10,16H,1-2H3/t10-/m1/s1. The first-order valence-corrected chi connectivity index (χ1v) is 6.55. The van der Waals surface area contributed by atoms with Crippen LogP contribution in [0.15, 0.2) is 51.6 Å². The maximum Gasteiger partial charge on any atom is 0.249 e. The Balaban J connectivity index is 1.78. The fourth-order valence-corrected chi connectivity index (χ4v) is 1.98. The van der Waals surface area contributed by atoms with Crippen molar-refractivity contribution < 1.29 is 13.7 Å². The van der Waals surface area contributed by atoms with E-state index in [0.717, 1.165) is 11.4 Å². The molecule has 3 aromatic rings. The fraction of sp³-hybridized carbons (Fsp3) is 0.200. The van der Waals surface area contributed by atoms with Gasteiger partial charge in [-0.15, -0.1) is 0 Å². The quantitative estimate of drug-likeness (QED) is 0.773. The molecule has 2 heterocycles. The minimum atomic E-state index is -0.155. The van der Waals surface area contributed by atoms with Crippen molar-refractivity contribution in [2.75, 3.05) is 12.4 Å². The molecule has 6 nitrogen and oxygen atoms in total. The predicted molar refractivity (Wildman–Crippen MR) is 77.0 cm³/mol. The molecule has 108 valence electrons. The van der Waals surface area contributed by atoms with Crippen molar-refractivity contribution in [1.29, 1.82) is 0 Å².